The zero-order chi connectivity index (χ0) is 17.8. The van der Waals surface area contributed by atoms with Crippen molar-refractivity contribution in [2.24, 2.45) is 0 Å². The van der Waals surface area contributed by atoms with Crippen molar-refractivity contribution in [2.75, 3.05) is 7.11 Å². The molecule has 1 aromatic heterocycles. The Hall–Kier alpha value is -3.15. The Balaban J connectivity index is 1.69. The van der Waals surface area contributed by atoms with Crippen LogP contribution in [0.15, 0.2) is 53.1 Å². The molecule has 3 aromatic rings. The third kappa shape index (κ3) is 3.85. The zero-order valence-corrected chi connectivity index (χ0v) is 14.3. The van der Waals surface area contributed by atoms with E-state index >= 15 is 0 Å². The van der Waals surface area contributed by atoms with E-state index in [0.29, 0.717) is 5.89 Å². The summed E-state index contributed by atoms with van der Waals surface area (Å²) in [5.74, 6) is 0.715. The van der Waals surface area contributed by atoms with Crippen molar-refractivity contribution in [3.63, 3.8) is 0 Å². The van der Waals surface area contributed by atoms with Gasteiger partial charge in [-0.05, 0) is 43.7 Å². The lowest BCUT2D eigenvalue weighted by molar-refractivity contribution is 0.0926. The van der Waals surface area contributed by atoms with E-state index in [1.54, 1.807) is 7.11 Å². The average Bonchev–Trinajstić information content (AvgIpc) is 3.12. The van der Waals surface area contributed by atoms with E-state index < -0.39 is 0 Å². The first kappa shape index (κ1) is 16.7. The van der Waals surface area contributed by atoms with Gasteiger partial charge in [0.05, 0.1) is 13.2 Å². The maximum Gasteiger partial charge on any atom is 0.293 e. The Kier molecular flexibility index (Phi) is 4.79. The minimum absolute atomic E-state index is 0.0101. The van der Waals surface area contributed by atoms with E-state index in [2.05, 4.69) is 15.5 Å². The molecule has 0 spiro atoms. The summed E-state index contributed by atoms with van der Waals surface area (Å²) in [4.78, 5) is 16.5. The van der Waals surface area contributed by atoms with Crippen molar-refractivity contribution in [1.82, 2.24) is 15.5 Å². The fraction of sp³-hybridized carbons (Fsp3) is 0.211. The average molecular weight is 337 g/mol. The monoisotopic (exact) mass is 337 g/mol. The molecule has 1 N–H and O–H groups in total. The zero-order valence-electron chi connectivity index (χ0n) is 14.3. The van der Waals surface area contributed by atoms with Gasteiger partial charge in [-0.2, -0.15) is 4.98 Å². The molecule has 3 rings (SSSR count). The molecule has 0 aliphatic carbocycles. The predicted molar refractivity (Wildman–Crippen MR) is 93.3 cm³/mol. The molecular weight excluding hydrogens is 318 g/mol. The minimum Gasteiger partial charge on any atom is -0.497 e. The smallest absolute Gasteiger partial charge is 0.293 e. The third-order valence-corrected chi connectivity index (χ3v) is 3.89. The van der Waals surface area contributed by atoms with Gasteiger partial charge < -0.3 is 14.6 Å². The first-order valence-electron chi connectivity index (χ1n) is 7.92. The second-order valence-electron chi connectivity index (χ2n) is 5.76. The highest BCUT2D eigenvalue weighted by Gasteiger charge is 2.18. The van der Waals surface area contributed by atoms with Crippen LogP contribution in [0.2, 0.25) is 0 Å². The van der Waals surface area contributed by atoms with Gasteiger partial charge >= 0.3 is 0 Å². The van der Waals surface area contributed by atoms with Crippen LogP contribution in [0.4, 0.5) is 0 Å². The van der Waals surface area contributed by atoms with E-state index in [0.717, 1.165) is 22.4 Å². The molecule has 128 valence electrons. The Labute approximate surface area is 145 Å². The molecule has 0 radical (unpaired) electrons. The Bertz CT molecular complexity index is 854. The second kappa shape index (κ2) is 7.17. The summed E-state index contributed by atoms with van der Waals surface area (Å²) in [7, 11) is 1.61. The molecule has 0 saturated carbocycles. The number of ether oxygens (including phenoxy) is 1. The standard InChI is InChI=1S/C19H19N3O3/c1-12-4-6-15(7-5-12)19-21-17(22-25-19)18(23)20-13(2)14-8-10-16(24-3)11-9-14/h4-11,13H,1-3H3,(H,20,23)/t13-/m1/s1. The van der Waals surface area contributed by atoms with Gasteiger partial charge in [-0.1, -0.05) is 35.0 Å². The van der Waals surface area contributed by atoms with Crippen molar-refractivity contribution in [3.05, 3.63) is 65.5 Å². The van der Waals surface area contributed by atoms with Crippen LogP contribution in [0.5, 0.6) is 5.75 Å². The van der Waals surface area contributed by atoms with Crippen LogP contribution in [0.3, 0.4) is 0 Å². The van der Waals surface area contributed by atoms with Crippen molar-refractivity contribution < 1.29 is 14.1 Å². The van der Waals surface area contributed by atoms with E-state index in [4.69, 9.17) is 9.26 Å². The number of benzene rings is 2. The van der Waals surface area contributed by atoms with Crippen molar-refractivity contribution in [1.29, 1.82) is 0 Å². The van der Waals surface area contributed by atoms with Gasteiger partial charge in [0.25, 0.3) is 17.6 Å². The largest absolute Gasteiger partial charge is 0.497 e. The molecule has 2 aromatic carbocycles. The van der Waals surface area contributed by atoms with E-state index in [1.165, 1.54) is 0 Å². The van der Waals surface area contributed by atoms with Gasteiger partial charge in [-0.3, -0.25) is 4.79 Å². The molecule has 0 saturated heterocycles. The van der Waals surface area contributed by atoms with Crippen LogP contribution in [0.1, 0.15) is 34.7 Å². The van der Waals surface area contributed by atoms with Crippen LogP contribution < -0.4 is 10.1 Å². The van der Waals surface area contributed by atoms with Crippen LogP contribution in [-0.2, 0) is 0 Å². The lowest BCUT2D eigenvalue weighted by Crippen LogP contribution is -2.27. The first-order valence-corrected chi connectivity index (χ1v) is 7.92. The summed E-state index contributed by atoms with van der Waals surface area (Å²) in [6.07, 6.45) is 0. The van der Waals surface area contributed by atoms with Gasteiger partial charge in [0.1, 0.15) is 5.75 Å². The molecule has 0 aliphatic rings. The van der Waals surface area contributed by atoms with Crippen molar-refractivity contribution >= 4 is 5.91 Å². The van der Waals surface area contributed by atoms with Crippen LogP contribution in [-0.4, -0.2) is 23.2 Å². The predicted octanol–water partition coefficient (Wildman–Crippen LogP) is 3.54. The SMILES string of the molecule is COc1ccc([C@@H](C)NC(=O)c2noc(-c3ccc(C)cc3)n2)cc1. The molecule has 0 unspecified atom stereocenters. The molecule has 6 heteroatoms. The van der Waals surface area contributed by atoms with Crippen molar-refractivity contribution in [3.8, 4) is 17.2 Å². The molecular formula is C19H19N3O3. The number of nitrogens with one attached hydrogen (secondary N) is 1. The molecule has 0 aliphatic heterocycles. The van der Waals surface area contributed by atoms with Gasteiger partial charge in [0.2, 0.25) is 0 Å². The number of aromatic nitrogens is 2. The topological polar surface area (TPSA) is 77.2 Å². The van der Waals surface area contributed by atoms with Crippen LogP contribution in [0, 0.1) is 6.92 Å². The molecule has 1 heterocycles. The highest BCUT2D eigenvalue weighted by Crippen LogP contribution is 2.19. The first-order chi connectivity index (χ1) is 12.1. The molecule has 1 amide bonds. The van der Waals surface area contributed by atoms with Gasteiger partial charge in [0.15, 0.2) is 0 Å². The molecule has 1 atom stereocenters. The number of hydrogen-bond acceptors (Lipinski definition) is 5. The highest BCUT2D eigenvalue weighted by atomic mass is 16.5. The second-order valence-corrected chi connectivity index (χ2v) is 5.76. The Morgan fingerprint density at radius 1 is 1.12 bits per heavy atom. The summed E-state index contributed by atoms with van der Waals surface area (Å²) in [6, 6.07) is 15.0. The molecule has 0 fully saturated rings. The Morgan fingerprint density at radius 3 is 2.44 bits per heavy atom. The number of hydrogen-bond donors (Lipinski definition) is 1. The third-order valence-electron chi connectivity index (χ3n) is 3.89. The summed E-state index contributed by atoms with van der Waals surface area (Å²) in [5.41, 5.74) is 2.87. The van der Waals surface area contributed by atoms with E-state index in [9.17, 15) is 4.79 Å². The maximum atomic E-state index is 12.3. The normalized spacial score (nSPS) is 11.8. The molecule has 25 heavy (non-hydrogen) atoms. The number of carbonyl (C=O) groups excluding carboxylic acids is 1. The summed E-state index contributed by atoms with van der Waals surface area (Å²) >= 11 is 0. The number of carbonyl (C=O) groups is 1. The minimum atomic E-state index is -0.384. The van der Waals surface area contributed by atoms with Gasteiger partial charge in [0, 0.05) is 5.56 Å². The molecule has 0 bridgehead atoms. The van der Waals surface area contributed by atoms with Gasteiger partial charge in [-0.25, -0.2) is 0 Å². The summed E-state index contributed by atoms with van der Waals surface area (Å²) < 4.78 is 10.3. The number of nitrogens with zero attached hydrogens (tertiary/aromatic N) is 2. The lowest BCUT2D eigenvalue weighted by atomic mass is 10.1. The quantitative estimate of drug-likeness (QED) is 0.770. The Morgan fingerprint density at radius 2 is 1.80 bits per heavy atom. The van der Waals surface area contributed by atoms with Crippen LogP contribution in [0.25, 0.3) is 11.5 Å². The lowest BCUT2D eigenvalue weighted by Gasteiger charge is -2.13. The summed E-state index contributed by atoms with van der Waals surface area (Å²) in [6.45, 7) is 3.89. The fourth-order valence-corrected chi connectivity index (χ4v) is 2.37. The fourth-order valence-electron chi connectivity index (χ4n) is 2.37. The number of aryl methyl sites for hydroxylation is 1. The maximum absolute atomic E-state index is 12.3. The highest BCUT2D eigenvalue weighted by molar-refractivity contribution is 5.90. The number of rotatable bonds is 5. The summed E-state index contributed by atoms with van der Waals surface area (Å²) in [5, 5.41) is 6.63. The van der Waals surface area contributed by atoms with Crippen LogP contribution >= 0.6 is 0 Å². The van der Waals surface area contributed by atoms with E-state index in [-0.39, 0.29) is 17.8 Å². The van der Waals surface area contributed by atoms with Gasteiger partial charge in [-0.15, -0.1) is 0 Å². The molecule has 6 nitrogen and oxygen atoms in total. The number of methoxy groups -OCH3 is 1. The van der Waals surface area contributed by atoms with E-state index in [1.807, 2.05) is 62.4 Å². The number of amides is 1. The van der Waals surface area contributed by atoms with Crippen molar-refractivity contribution in [2.45, 2.75) is 19.9 Å².